The molecule has 0 saturated carbocycles. The molecule has 1 aromatic rings. The number of rotatable bonds is 2. The third-order valence-electron chi connectivity index (χ3n) is 4.07. The van der Waals surface area contributed by atoms with Crippen LogP contribution in [0.15, 0.2) is 11.2 Å². The first-order valence-electron chi connectivity index (χ1n) is 7.83. The SMILES string of the molecule is Cc1nc(S(=O)(=O)N2CCCN(C(=O)C(C)(C)C)CC2)cn1C. The van der Waals surface area contributed by atoms with E-state index in [1.54, 1.807) is 23.4 Å². The Hall–Kier alpha value is -1.41. The number of hydrogen-bond donors (Lipinski definition) is 0. The lowest BCUT2D eigenvalue weighted by molar-refractivity contribution is -0.139. The maximum atomic E-state index is 12.7. The lowest BCUT2D eigenvalue weighted by Crippen LogP contribution is -2.42. The Morgan fingerprint density at radius 2 is 1.83 bits per heavy atom. The molecule has 2 heterocycles. The van der Waals surface area contributed by atoms with Gasteiger partial charge in [-0.25, -0.2) is 13.4 Å². The van der Waals surface area contributed by atoms with E-state index in [9.17, 15) is 13.2 Å². The molecule has 0 aliphatic carbocycles. The highest BCUT2D eigenvalue weighted by Crippen LogP contribution is 2.21. The standard InChI is InChI=1S/C15H26N4O3S/c1-12-16-13(11-17(12)5)23(21,22)19-8-6-7-18(9-10-19)14(20)15(2,3)4/h11H,6-10H2,1-5H3. The molecule has 1 fully saturated rings. The molecule has 2 rings (SSSR count). The summed E-state index contributed by atoms with van der Waals surface area (Å²) in [5, 5.41) is 0.0769. The lowest BCUT2D eigenvalue weighted by Gasteiger charge is -2.28. The minimum absolute atomic E-state index is 0.0606. The monoisotopic (exact) mass is 342 g/mol. The molecule has 0 N–H and O–H groups in total. The van der Waals surface area contributed by atoms with Crippen LogP contribution in [0, 0.1) is 12.3 Å². The molecule has 0 atom stereocenters. The van der Waals surface area contributed by atoms with E-state index in [0.29, 0.717) is 38.4 Å². The second-order valence-electron chi connectivity index (χ2n) is 7.04. The van der Waals surface area contributed by atoms with Gasteiger partial charge < -0.3 is 9.47 Å². The van der Waals surface area contributed by atoms with Crippen LogP contribution in [0.4, 0.5) is 0 Å². The van der Waals surface area contributed by atoms with Gasteiger partial charge in [-0.1, -0.05) is 20.8 Å². The van der Waals surface area contributed by atoms with Crippen LogP contribution in [0.5, 0.6) is 0 Å². The van der Waals surface area contributed by atoms with Crippen molar-refractivity contribution in [3.8, 4) is 0 Å². The van der Waals surface area contributed by atoms with Crippen molar-refractivity contribution >= 4 is 15.9 Å². The minimum Gasteiger partial charge on any atom is -0.341 e. The van der Waals surface area contributed by atoms with Gasteiger partial charge in [-0.15, -0.1) is 0 Å². The summed E-state index contributed by atoms with van der Waals surface area (Å²) in [7, 11) is -1.84. The topological polar surface area (TPSA) is 75.5 Å². The van der Waals surface area contributed by atoms with Crippen molar-refractivity contribution in [3.63, 3.8) is 0 Å². The first-order valence-corrected chi connectivity index (χ1v) is 9.27. The third-order valence-corrected chi connectivity index (χ3v) is 5.84. The van der Waals surface area contributed by atoms with Crippen molar-refractivity contribution < 1.29 is 13.2 Å². The van der Waals surface area contributed by atoms with Crippen molar-refractivity contribution in [1.29, 1.82) is 0 Å². The Labute approximate surface area is 138 Å². The Balaban J connectivity index is 2.15. The molecule has 0 spiro atoms. The normalized spacial score (nSPS) is 18.0. The van der Waals surface area contributed by atoms with Gasteiger partial charge in [0.25, 0.3) is 10.0 Å². The molecular formula is C15H26N4O3S. The molecule has 8 heteroatoms. The van der Waals surface area contributed by atoms with Crippen LogP contribution in [-0.4, -0.2) is 59.3 Å². The molecule has 1 saturated heterocycles. The quantitative estimate of drug-likeness (QED) is 0.803. The first kappa shape index (κ1) is 17.9. The van der Waals surface area contributed by atoms with Crippen LogP contribution in [-0.2, 0) is 21.9 Å². The Kier molecular flexibility index (Phi) is 4.86. The second-order valence-corrected chi connectivity index (χ2v) is 8.92. The van der Waals surface area contributed by atoms with Crippen molar-refractivity contribution in [3.05, 3.63) is 12.0 Å². The van der Waals surface area contributed by atoms with Crippen LogP contribution in [0.1, 0.15) is 33.0 Å². The van der Waals surface area contributed by atoms with Crippen molar-refractivity contribution in [1.82, 2.24) is 18.8 Å². The van der Waals surface area contributed by atoms with Gasteiger partial charge in [0, 0.05) is 44.8 Å². The van der Waals surface area contributed by atoms with E-state index in [-0.39, 0.29) is 10.9 Å². The van der Waals surface area contributed by atoms with Crippen LogP contribution >= 0.6 is 0 Å². The van der Waals surface area contributed by atoms with E-state index < -0.39 is 15.4 Å². The number of aryl methyl sites for hydroxylation is 2. The molecule has 7 nitrogen and oxygen atoms in total. The summed E-state index contributed by atoms with van der Waals surface area (Å²) in [4.78, 5) is 18.3. The zero-order valence-electron chi connectivity index (χ0n) is 14.5. The smallest absolute Gasteiger partial charge is 0.262 e. The van der Waals surface area contributed by atoms with Crippen LogP contribution in [0.25, 0.3) is 0 Å². The molecule has 1 aromatic heterocycles. The molecule has 1 aliphatic rings. The van der Waals surface area contributed by atoms with Gasteiger partial charge in [-0.05, 0) is 13.3 Å². The number of sulfonamides is 1. The summed E-state index contributed by atoms with van der Waals surface area (Å²) in [6.45, 7) is 9.13. The average molecular weight is 342 g/mol. The molecule has 0 unspecified atom stereocenters. The zero-order valence-corrected chi connectivity index (χ0v) is 15.4. The number of hydrogen-bond acceptors (Lipinski definition) is 4. The first-order chi connectivity index (χ1) is 10.5. The van der Waals surface area contributed by atoms with Crippen molar-refractivity contribution in [2.45, 2.75) is 39.1 Å². The highest BCUT2D eigenvalue weighted by atomic mass is 32.2. The fourth-order valence-electron chi connectivity index (χ4n) is 2.59. The summed E-state index contributed by atoms with van der Waals surface area (Å²) >= 11 is 0. The predicted octanol–water partition coefficient (Wildman–Crippen LogP) is 0.998. The number of amides is 1. The zero-order chi connectivity index (χ0) is 17.4. The van der Waals surface area contributed by atoms with Gasteiger partial charge in [0.1, 0.15) is 5.82 Å². The summed E-state index contributed by atoms with van der Waals surface area (Å²) < 4.78 is 28.6. The highest BCUT2D eigenvalue weighted by molar-refractivity contribution is 7.89. The minimum atomic E-state index is -3.61. The average Bonchev–Trinajstić information content (AvgIpc) is 2.67. The lowest BCUT2D eigenvalue weighted by atomic mass is 9.94. The van der Waals surface area contributed by atoms with Gasteiger partial charge in [0.15, 0.2) is 5.03 Å². The van der Waals surface area contributed by atoms with Gasteiger partial charge in [-0.3, -0.25) is 4.79 Å². The number of carbonyl (C=O) groups excluding carboxylic acids is 1. The van der Waals surface area contributed by atoms with Gasteiger partial charge in [0.05, 0.1) is 0 Å². The van der Waals surface area contributed by atoms with Crippen LogP contribution < -0.4 is 0 Å². The van der Waals surface area contributed by atoms with Crippen molar-refractivity contribution in [2.24, 2.45) is 12.5 Å². The van der Waals surface area contributed by atoms with Crippen LogP contribution in [0.2, 0.25) is 0 Å². The van der Waals surface area contributed by atoms with Crippen LogP contribution in [0.3, 0.4) is 0 Å². The fraction of sp³-hybridized carbons (Fsp3) is 0.733. The van der Waals surface area contributed by atoms with Crippen molar-refractivity contribution in [2.75, 3.05) is 26.2 Å². The maximum Gasteiger partial charge on any atom is 0.262 e. The van der Waals surface area contributed by atoms with E-state index in [4.69, 9.17) is 0 Å². The number of imidazole rings is 1. The summed E-state index contributed by atoms with van der Waals surface area (Å²) in [6.07, 6.45) is 2.17. The Bertz CT molecular complexity index is 669. The summed E-state index contributed by atoms with van der Waals surface area (Å²) in [6, 6.07) is 0. The molecule has 23 heavy (non-hydrogen) atoms. The molecule has 130 valence electrons. The largest absolute Gasteiger partial charge is 0.341 e. The molecule has 0 radical (unpaired) electrons. The number of nitrogens with zero attached hydrogens (tertiary/aromatic N) is 4. The molecular weight excluding hydrogens is 316 g/mol. The second kappa shape index (κ2) is 6.24. The number of aromatic nitrogens is 2. The van der Waals surface area contributed by atoms with E-state index in [1.807, 2.05) is 20.8 Å². The van der Waals surface area contributed by atoms with E-state index in [0.717, 1.165) is 0 Å². The van der Waals surface area contributed by atoms with Gasteiger partial charge in [-0.2, -0.15) is 4.31 Å². The van der Waals surface area contributed by atoms with E-state index >= 15 is 0 Å². The van der Waals surface area contributed by atoms with E-state index in [2.05, 4.69) is 4.98 Å². The Morgan fingerprint density at radius 1 is 1.17 bits per heavy atom. The maximum absolute atomic E-state index is 12.7. The Morgan fingerprint density at radius 3 is 2.35 bits per heavy atom. The van der Waals surface area contributed by atoms with Gasteiger partial charge in [0.2, 0.25) is 5.91 Å². The molecule has 0 bridgehead atoms. The summed E-state index contributed by atoms with van der Waals surface area (Å²) in [5.74, 6) is 0.716. The summed E-state index contributed by atoms with van der Waals surface area (Å²) in [5.41, 5.74) is -0.452. The molecule has 1 amide bonds. The van der Waals surface area contributed by atoms with Gasteiger partial charge >= 0.3 is 0 Å². The van der Waals surface area contributed by atoms with E-state index in [1.165, 1.54) is 10.5 Å². The molecule has 0 aromatic carbocycles. The number of carbonyl (C=O) groups is 1. The fourth-order valence-corrected chi connectivity index (χ4v) is 4.09. The third kappa shape index (κ3) is 3.74. The predicted molar refractivity (Wildman–Crippen MR) is 87.4 cm³/mol. The molecule has 1 aliphatic heterocycles. The highest BCUT2D eigenvalue weighted by Gasteiger charge is 2.33.